The Morgan fingerprint density at radius 3 is 1.63 bits per heavy atom. The Bertz CT molecular complexity index is 772. The van der Waals surface area contributed by atoms with Crippen LogP contribution >= 0.6 is 0 Å². The summed E-state index contributed by atoms with van der Waals surface area (Å²) in [6.07, 6.45) is 0.0257. The van der Waals surface area contributed by atoms with Gasteiger partial charge in [0.25, 0.3) is 0 Å². The molecule has 0 saturated heterocycles. The predicted molar refractivity (Wildman–Crippen MR) is 103 cm³/mol. The molecule has 3 aromatic rings. The molecule has 2 nitrogen and oxygen atoms in total. The Balaban J connectivity index is 1.69. The zero-order valence-electron chi connectivity index (χ0n) is 15.1. The fraction of sp³-hybridized carbons (Fsp3) is 0.217. The van der Waals surface area contributed by atoms with Gasteiger partial charge >= 0.3 is 0 Å². The van der Waals surface area contributed by atoms with Gasteiger partial charge in [-0.3, -0.25) is 4.90 Å². The smallest absolute Gasteiger partial charge is 0.123 e. The Labute approximate surface area is 158 Å². The molecule has 0 bridgehead atoms. The molecule has 0 spiro atoms. The van der Waals surface area contributed by atoms with Crippen LogP contribution in [0.3, 0.4) is 0 Å². The quantitative estimate of drug-likeness (QED) is 0.630. The monoisotopic (exact) mass is 367 g/mol. The first-order chi connectivity index (χ1) is 13.1. The van der Waals surface area contributed by atoms with Gasteiger partial charge in [0.05, 0.1) is 6.10 Å². The molecule has 0 heterocycles. The standard InChI is InChI=1S/C23H23F2NO/c24-21-10-6-19(7-11-21)15-26(16-20-8-12-22(25)13-9-20)17-23(27)14-18-4-2-1-3-5-18/h1-13,23,27H,14-17H2/t23-/m1/s1. The molecule has 27 heavy (non-hydrogen) atoms. The van der Waals surface area contributed by atoms with Crippen LogP contribution in [0.25, 0.3) is 0 Å². The maximum atomic E-state index is 13.2. The highest BCUT2D eigenvalue weighted by Gasteiger charge is 2.14. The minimum Gasteiger partial charge on any atom is -0.391 e. The molecule has 0 aliphatic rings. The van der Waals surface area contributed by atoms with Gasteiger partial charge in [0.1, 0.15) is 11.6 Å². The topological polar surface area (TPSA) is 23.5 Å². The molecule has 4 heteroatoms. The number of nitrogens with zero attached hydrogens (tertiary/aromatic N) is 1. The van der Waals surface area contributed by atoms with Crippen LogP contribution in [0.1, 0.15) is 16.7 Å². The number of rotatable bonds is 8. The second kappa shape index (κ2) is 9.40. The van der Waals surface area contributed by atoms with Crippen molar-refractivity contribution in [1.82, 2.24) is 4.90 Å². The van der Waals surface area contributed by atoms with Crippen LogP contribution in [0, 0.1) is 11.6 Å². The molecule has 0 aliphatic heterocycles. The fourth-order valence-electron chi connectivity index (χ4n) is 3.13. The van der Waals surface area contributed by atoms with Crippen molar-refractivity contribution in [2.75, 3.05) is 6.54 Å². The molecule has 1 N–H and O–H groups in total. The van der Waals surface area contributed by atoms with E-state index in [0.717, 1.165) is 16.7 Å². The van der Waals surface area contributed by atoms with Crippen molar-refractivity contribution < 1.29 is 13.9 Å². The number of benzene rings is 3. The van der Waals surface area contributed by atoms with E-state index in [4.69, 9.17) is 0 Å². The van der Waals surface area contributed by atoms with Crippen molar-refractivity contribution in [3.05, 3.63) is 107 Å². The number of hydrogen-bond acceptors (Lipinski definition) is 2. The summed E-state index contributed by atoms with van der Waals surface area (Å²) in [7, 11) is 0. The summed E-state index contributed by atoms with van der Waals surface area (Å²) in [5.74, 6) is -0.541. The van der Waals surface area contributed by atoms with Crippen LogP contribution in [0.4, 0.5) is 8.78 Å². The summed E-state index contributed by atoms with van der Waals surface area (Å²) in [6.45, 7) is 1.61. The van der Waals surface area contributed by atoms with Crippen molar-refractivity contribution in [2.24, 2.45) is 0 Å². The molecule has 0 aromatic heterocycles. The normalized spacial score (nSPS) is 12.3. The molecule has 1 atom stereocenters. The third-order valence-corrected chi connectivity index (χ3v) is 4.42. The van der Waals surface area contributed by atoms with E-state index < -0.39 is 6.10 Å². The van der Waals surface area contributed by atoms with Crippen LogP contribution in [0.2, 0.25) is 0 Å². The molecular weight excluding hydrogens is 344 g/mol. The lowest BCUT2D eigenvalue weighted by Gasteiger charge is -2.25. The molecule has 3 rings (SSSR count). The van der Waals surface area contributed by atoms with Gasteiger partial charge in [0, 0.05) is 19.6 Å². The van der Waals surface area contributed by atoms with Gasteiger partial charge < -0.3 is 5.11 Å². The van der Waals surface area contributed by atoms with E-state index in [9.17, 15) is 13.9 Å². The maximum absolute atomic E-state index is 13.2. The Kier molecular flexibility index (Phi) is 6.69. The van der Waals surface area contributed by atoms with Gasteiger partial charge in [-0.2, -0.15) is 0 Å². The third-order valence-electron chi connectivity index (χ3n) is 4.42. The highest BCUT2D eigenvalue weighted by atomic mass is 19.1. The van der Waals surface area contributed by atoms with Crippen molar-refractivity contribution in [2.45, 2.75) is 25.6 Å². The molecular formula is C23H23F2NO. The van der Waals surface area contributed by atoms with Gasteiger partial charge in [-0.25, -0.2) is 8.78 Å². The Morgan fingerprint density at radius 1 is 0.667 bits per heavy atom. The average molecular weight is 367 g/mol. The zero-order valence-corrected chi connectivity index (χ0v) is 15.1. The van der Waals surface area contributed by atoms with Crippen LogP contribution in [0.5, 0.6) is 0 Å². The van der Waals surface area contributed by atoms with Gasteiger partial charge in [-0.15, -0.1) is 0 Å². The van der Waals surface area contributed by atoms with Crippen LogP contribution < -0.4 is 0 Å². The van der Waals surface area contributed by atoms with Crippen LogP contribution in [-0.4, -0.2) is 22.7 Å². The molecule has 3 aromatic carbocycles. The van der Waals surface area contributed by atoms with E-state index in [2.05, 4.69) is 4.90 Å². The van der Waals surface area contributed by atoms with Crippen LogP contribution in [0.15, 0.2) is 78.9 Å². The molecule has 140 valence electrons. The van der Waals surface area contributed by atoms with E-state index in [0.29, 0.717) is 26.1 Å². The third kappa shape index (κ3) is 6.27. The Hall–Kier alpha value is -2.56. The largest absolute Gasteiger partial charge is 0.391 e. The van der Waals surface area contributed by atoms with E-state index in [1.54, 1.807) is 24.3 Å². The van der Waals surface area contributed by atoms with E-state index >= 15 is 0 Å². The minimum atomic E-state index is -0.534. The van der Waals surface area contributed by atoms with Crippen molar-refractivity contribution in [1.29, 1.82) is 0 Å². The summed E-state index contributed by atoms with van der Waals surface area (Å²) in [6, 6.07) is 22.6. The van der Waals surface area contributed by atoms with Crippen molar-refractivity contribution in [3.8, 4) is 0 Å². The highest BCUT2D eigenvalue weighted by Crippen LogP contribution is 2.14. The number of halogens is 2. The number of aliphatic hydroxyl groups is 1. The summed E-state index contributed by atoms with van der Waals surface area (Å²) in [4.78, 5) is 2.09. The van der Waals surface area contributed by atoms with Gasteiger partial charge in [-0.05, 0) is 47.4 Å². The summed E-state index contributed by atoms with van der Waals surface area (Å²) in [5, 5.41) is 10.6. The number of aliphatic hydroxyl groups excluding tert-OH is 1. The zero-order chi connectivity index (χ0) is 19.1. The minimum absolute atomic E-state index is 0.270. The average Bonchev–Trinajstić information content (AvgIpc) is 2.66. The molecule has 0 amide bonds. The lowest BCUT2D eigenvalue weighted by molar-refractivity contribution is 0.104. The second-order valence-electron chi connectivity index (χ2n) is 6.77. The molecule has 0 unspecified atom stereocenters. The first-order valence-electron chi connectivity index (χ1n) is 9.02. The summed E-state index contributed by atoms with van der Waals surface area (Å²) in [5.41, 5.74) is 3.00. The molecule has 0 saturated carbocycles. The second-order valence-corrected chi connectivity index (χ2v) is 6.77. The van der Waals surface area contributed by atoms with E-state index in [1.165, 1.54) is 24.3 Å². The lowest BCUT2D eigenvalue weighted by Crippen LogP contribution is -2.33. The first-order valence-corrected chi connectivity index (χ1v) is 9.02. The maximum Gasteiger partial charge on any atom is 0.123 e. The van der Waals surface area contributed by atoms with Crippen LogP contribution in [-0.2, 0) is 19.5 Å². The predicted octanol–water partition coefficient (Wildman–Crippen LogP) is 4.57. The molecule has 0 aliphatic carbocycles. The van der Waals surface area contributed by atoms with E-state index in [-0.39, 0.29) is 11.6 Å². The molecule has 0 radical (unpaired) electrons. The van der Waals surface area contributed by atoms with Gasteiger partial charge in [0.15, 0.2) is 0 Å². The van der Waals surface area contributed by atoms with Crippen molar-refractivity contribution >= 4 is 0 Å². The first kappa shape index (κ1) is 19.2. The Morgan fingerprint density at radius 2 is 1.15 bits per heavy atom. The van der Waals surface area contributed by atoms with Gasteiger partial charge in [0.2, 0.25) is 0 Å². The fourth-order valence-corrected chi connectivity index (χ4v) is 3.13. The summed E-state index contributed by atoms with van der Waals surface area (Å²) >= 11 is 0. The molecule has 0 fully saturated rings. The van der Waals surface area contributed by atoms with Crippen molar-refractivity contribution in [3.63, 3.8) is 0 Å². The summed E-state index contributed by atoms with van der Waals surface area (Å²) < 4.78 is 26.3. The highest BCUT2D eigenvalue weighted by molar-refractivity contribution is 5.19. The lowest BCUT2D eigenvalue weighted by atomic mass is 10.1. The number of hydrogen-bond donors (Lipinski definition) is 1. The van der Waals surface area contributed by atoms with Gasteiger partial charge in [-0.1, -0.05) is 54.6 Å². The van der Waals surface area contributed by atoms with E-state index in [1.807, 2.05) is 30.3 Å². The SMILES string of the molecule is O[C@H](Cc1ccccc1)CN(Cc1ccc(F)cc1)Cc1ccc(F)cc1.